The molecule has 6 nitrogen and oxygen atoms in total. The van der Waals surface area contributed by atoms with Crippen LogP contribution in [0.3, 0.4) is 0 Å². The molecule has 0 fully saturated rings. The van der Waals surface area contributed by atoms with Crippen molar-refractivity contribution >= 4 is 5.95 Å². The summed E-state index contributed by atoms with van der Waals surface area (Å²) < 4.78 is 0. The highest BCUT2D eigenvalue weighted by Crippen LogP contribution is 1.72. The molecule has 2 aromatic heterocycles. The van der Waals surface area contributed by atoms with Gasteiger partial charge in [-0.1, -0.05) is 5.10 Å². The van der Waals surface area contributed by atoms with E-state index in [1.165, 1.54) is 0 Å². The van der Waals surface area contributed by atoms with Crippen molar-refractivity contribution in [3.8, 4) is 0 Å². The molecule has 0 aliphatic carbocycles. The molecule has 0 bridgehead atoms. The lowest BCUT2D eigenvalue weighted by Gasteiger charge is -1.62. The van der Waals surface area contributed by atoms with Crippen LogP contribution in [0.15, 0.2) is 24.5 Å². The standard InChI is InChI=1S/C4H5N.CH3N5/c1-2-4-5-3-1;2-1-3-5-6-4-1/h1-5H;(H3,2,3,4,5,6). The van der Waals surface area contributed by atoms with Crippen molar-refractivity contribution in [1.29, 1.82) is 0 Å². The summed E-state index contributed by atoms with van der Waals surface area (Å²) in [6.07, 6.45) is 3.75. The molecule has 0 aromatic carbocycles. The van der Waals surface area contributed by atoms with Gasteiger partial charge in [-0.05, 0) is 17.3 Å². The van der Waals surface area contributed by atoms with Crippen LogP contribution >= 0.6 is 0 Å². The number of hydrogen-bond donors (Lipinski definition) is 3. The van der Waals surface area contributed by atoms with Crippen LogP contribution < -0.4 is 5.73 Å². The molecular weight excluding hydrogens is 144 g/mol. The van der Waals surface area contributed by atoms with Gasteiger partial charge in [0.15, 0.2) is 0 Å². The van der Waals surface area contributed by atoms with Crippen molar-refractivity contribution < 1.29 is 0 Å². The molecule has 0 amide bonds. The monoisotopic (exact) mass is 152 g/mol. The molecule has 4 N–H and O–H groups in total. The van der Waals surface area contributed by atoms with E-state index in [0.29, 0.717) is 0 Å². The first-order valence-corrected chi connectivity index (χ1v) is 2.96. The van der Waals surface area contributed by atoms with Crippen LogP contribution in [0.4, 0.5) is 5.95 Å². The van der Waals surface area contributed by atoms with Crippen LogP contribution in [-0.2, 0) is 0 Å². The van der Waals surface area contributed by atoms with Gasteiger partial charge in [-0.15, -0.1) is 5.10 Å². The normalized spacial score (nSPS) is 8.36. The molecule has 2 aromatic rings. The first-order valence-electron chi connectivity index (χ1n) is 2.96. The summed E-state index contributed by atoms with van der Waals surface area (Å²) in [6.45, 7) is 0. The van der Waals surface area contributed by atoms with Crippen LogP contribution in [0.2, 0.25) is 0 Å². The lowest BCUT2D eigenvalue weighted by Crippen LogP contribution is -1.84. The van der Waals surface area contributed by atoms with Crippen LogP contribution in [0.25, 0.3) is 0 Å². The average molecular weight is 152 g/mol. The van der Waals surface area contributed by atoms with Gasteiger partial charge in [0.25, 0.3) is 5.95 Å². The fraction of sp³-hybridized carbons (Fsp3) is 0. The summed E-state index contributed by atoms with van der Waals surface area (Å²) in [5.41, 5.74) is 4.96. The van der Waals surface area contributed by atoms with Gasteiger partial charge in [-0.3, -0.25) is 0 Å². The number of anilines is 1. The van der Waals surface area contributed by atoms with Crippen molar-refractivity contribution in [1.82, 2.24) is 25.6 Å². The Labute approximate surface area is 62.8 Å². The Balaban J connectivity index is 0.000000112. The lowest BCUT2D eigenvalue weighted by atomic mass is 10.7. The number of nitrogens with two attached hydrogens (primary N) is 1. The zero-order valence-electron chi connectivity index (χ0n) is 5.73. The molecule has 0 atom stereocenters. The number of H-pyrrole nitrogens is 2. The zero-order chi connectivity index (χ0) is 7.94. The first kappa shape index (κ1) is 7.26. The largest absolute Gasteiger partial charge is 0.368 e. The Morgan fingerprint density at radius 3 is 2.18 bits per heavy atom. The molecule has 2 heterocycles. The van der Waals surface area contributed by atoms with Gasteiger partial charge >= 0.3 is 0 Å². The molecule has 2 rings (SSSR count). The Morgan fingerprint density at radius 1 is 1.27 bits per heavy atom. The van der Waals surface area contributed by atoms with Gasteiger partial charge in [0.05, 0.1) is 0 Å². The van der Waals surface area contributed by atoms with Crippen LogP contribution in [0, 0.1) is 0 Å². The molecule has 0 saturated carbocycles. The maximum atomic E-state index is 4.96. The molecule has 0 aliphatic heterocycles. The van der Waals surface area contributed by atoms with Crippen LogP contribution in [0.1, 0.15) is 0 Å². The van der Waals surface area contributed by atoms with E-state index in [1.807, 2.05) is 24.5 Å². The van der Waals surface area contributed by atoms with Gasteiger partial charge in [-0.25, -0.2) is 0 Å². The highest BCUT2D eigenvalue weighted by Gasteiger charge is 1.78. The third-order valence-corrected chi connectivity index (χ3v) is 0.858. The van der Waals surface area contributed by atoms with E-state index in [-0.39, 0.29) is 5.95 Å². The van der Waals surface area contributed by atoms with Gasteiger partial charge in [0.2, 0.25) is 0 Å². The van der Waals surface area contributed by atoms with Crippen molar-refractivity contribution in [2.75, 3.05) is 5.73 Å². The topological polar surface area (TPSA) is 96.3 Å². The van der Waals surface area contributed by atoms with E-state index < -0.39 is 0 Å². The summed E-state index contributed by atoms with van der Waals surface area (Å²) >= 11 is 0. The Hall–Kier alpha value is -1.85. The smallest absolute Gasteiger partial charge is 0.260 e. The van der Waals surface area contributed by atoms with Gasteiger partial charge < -0.3 is 10.7 Å². The first-order chi connectivity index (χ1) is 5.39. The number of aromatic nitrogens is 5. The second-order valence-corrected chi connectivity index (χ2v) is 1.65. The maximum Gasteiger partial charge on any atom is 0.260 e. The van der Waals surface area contributed by atoms with Crippen molar-refractivity contribution in [3.05, 3.63) is 24.5 Å². The third kappa shape index (κ3) is 2.99. The average Bonchev–Trinajstić information content (AvgIpc) is 2.57. The van der Waals surface area contributed by atoms with E-state index in [2.05, 4.69) is 25.6 Å². The predicted molar refractivity (Wildman–Crippen MR) is 39.4 cm³/mol. The number of hydrogen-bond acceptors (Lipinski definition) is 4. The SMILES string of the molecule is Nc1nn[nH]n1.c1cc[nH]c1. The van der Waals surface area contributed by atoms with Crippen molar-refractivity contribution in [2.24, 2.45) is 0 Å². The minimum Gasteiger partial charge on any atom is -0.368 e. The number of aromatic amines is 2. The van der Waals surface area contributed by atoms with Crippen molar-refractivity contribution in [2.45, 2.75) is 0 Å². The molecule has 0 radical (unpaired) electrons. The van der Waals surface area contributed by atoms with E-state index >= 15 is 0 Å². The highest BCUT2D eigenvalue weighted by atomic mass is 15.5. The summed E-state index contributed by atoms with van der Waals surface area (Å²) in [5.74, 6) is 0.176. The summed E-state index contributed by atoms with van der Waals surface area (Å²) in [6, 6.07) is 3.89. The molecule has 0 saturated heterocycles. The summed E-state index contributed by atoms with van der Waals surface area (Å²) in [7, 11) is 0. The molecule has 0 spiro atoms. The number of nitrogen functional groups attached to an aromatic ring is 1. The van der Waals surface area contributed by atoms with E-state index in [4.69, 9.17) is 5.73 Å². The second kappa shape index (κ2) is 4.04. The summed E-state index contributed by atoms with van der Waals surface area (Å²) in [5, 5.41) is 12.0. The second-order valence-electron chi connectivity index (χ2n) is 1.65. The van der Waals surface area contributed by atoms with Crippen LogP contribution in [-0.4, -0.2) is 25.6 Å². The third-order valence-electron chi connectivity index (χ3n) is 0.858. The Morgan fingerprint density at radius 2 is 2.00 bits per heavy atom. The molecular formula is C5H8N6. The molecule has 6 heteroatoms. The predicted octanol–water partition coefficient (Wildman–Crippen LogP) is -0.203. The van der Waals surface area contributed by atoms with Gasteiger partial charge in [-0.2, -0.15) is 5.21 Å². The van der Waals surface area contributed by atoms with Crippen molar-refractivity contribution in [3.63, 3.8) is 0 Å². The van der Waals surface area contributed by atoms with Crippen LogP contribution in [0.5, 0.6) is 0 Å². The van der Waals surface area contributed by atoms with E-state index in [1.54, 1.807) is 0 Å². The Kier molecular flexibility index (Phi) is 2.67. The molecule has 0 aliphatic rings. The van der Waals surface area contributed by atoms with Gasteiger partial charge in [0.1, 0.15) is 0 Å². The Bertz CT molecular complexity index is 229. The van der Waals surface area contributed by atoms with E-state index in [9.17, 15) is 0 Å². The maximum absolute atomic E-state index is 4.96. The molecule has 58 valence electrons. The minimum atomic E-state index is 0.176. The number of nitrogens with one attached hydrogen (secondary N) is 2. The minimum absolute atomic E-state index is 0.176. The lowest BCUT2D eigenvalue weighted by molar-refractivity contribution is 0.881. The number of tetrazole rings is 1. The number of nitrogens with zero attached hydrogens (tertiary/aromatic N) is 3. The van der Waals surface area contributed by atoms with E-state index in [0.717, 1.165) is 0 Å². The highest BCUT2D eigenvalue weighted by molar-refractivity contribution is 5.05. The fourth-order valence-electron chi connectivity index (χ4n) is 0.447. The zero-order valence-corrected chi connectivity index (χ0v) is 5.73. The fourth-order valence-corrected chi connectivity index (χ4v) is 0.447. The summed E-state index contributed by atoms with van der Waals surface area (Å²) in [4.78, 5) is 2.86. The van der Waals surface area contributed by atoms with Gasteiger partial charge in [0, 0.05) is 12.4 Å². The quantitative estimate of drug-likeness (QED) is 0.487. The molecule has 0 unspecified atom stereocenters. The molecule has 11 heavy (non-hydrogen) atoms. The number of rotatable bonds is 0.